The van der Waals surface area contributed by atoms with Gasteiger partial charge in [0.15, 0.2) is 11.5 Å². The number of ether oxygens (including phenoxy) is 3. The fourth-order valence-electron chi connectivity index (χ4n) is 1.72. The smallest absolute Gasteiger partial charge is 0.161 e. The topological polar surface area (TPSA) is 27.7 Å². The Kier molecular flexibility index (Phi) is 4.67. The number of hydrogen-bond donors (Lipinski definition) is 0. The van der Waals surface area contributed by atoms with Crippen molar-refractivity contribution in [3.63, 3.8) is 0 Å². The second kappa shape index (κ2) is 6.69. The maximum Gasteiger partial charge on any atom is 0.161 e. The molecule has 2 aromatic rings. The third kappa shape index (κ3) is 3.91. The van der Waals surface area contributed by atoms with Gasteiger partial charge in [-0.25, -0.2) is 0 Å². The van der Waals surface area contributed by atoms with Gasteiger partial charge in [-0.2, -0.15) is 0 Å². The number of aryl methyl sites for hydroxylation is 1. The third-order valence-electron chi connectivity index (χ3n) is 2.67. The summed E-state index contributed by atoms with van der Waals surface area (Å²) in [6.45, 7) is 3.00. The van der Waals surface area contributed by atoms with E-state index < -0.39 is 0 Å². The lowest BCUT2D eigenvalue weighted by Gasteiger charge is -2.11. The molecular formula is C16H18O3. The van der Waals surface area contributed by atoms with Crippen LogP contribution < -0.4 is 14.2 Å². The summed E-state index contributed by atoms with van der Waals surface area (Å²) in [5, 5.41) is 0. The van der Waals surface area contributed by atoms with Crippen molar-refractivity contribution in [3.8, 4) is 17.2 Å². The van der Waals surface area contributed by atoms with Crippen molar-refractivity contribution in [2.24, 2.45) is 0 Å². The fraction of sp³-hybridized carbons (Fsp3) is 0.250. The minimum Gasteiger partial charge on any atom is -0.493 e. The van der Waals surface area contributed by atoms with Crippen molar-refractivity contribution in [1.82, 2.24) is 0 Å². The van der Waals surface area contributed by atoms with Crippen molar-refractivity contribution in [3.05, 3.63) is 54.1 Å². The van der Waals surface area contributed by atoms with Crippen LogP contribution in [0, 0.1) is 6.92 Å². The van der Waals surface area contributed by atoms with Crippen molar-refractivity contribution < 1.29 is 14.2 Å². The molecule has 3 nitrogen and oxygen atoms in total. The zero-order valence-electron chi connectivity index (χ0n) is 11.3. The zero-order chi connectivity index (χ0) is 13.5. The first kappa shape index (κ1) is 13.3. The molecule has 0 saturated carbocycles. The summed E-state index contributed by atoms with van der Waals surface area (Å²) in [6, 6.07) is 15.6. The molecule has 0 aliphatic heterocycles. The van der Waals surface area contributed by atoms with E-state index in [9.17, 15) is 0 Å². The molecule has 0 heterocycles. The predicted octanol–water partition coefficient (Wildman–Crippen LogP) is 3.46. The van der Waals surface area contributed by atoms with E-state index in [1.807, 2.05) is 55.5 Å². The summed E-state index contributed by atoms with van der Waals surface area (Å²) in [5.74, 6) is 2.34. The lowest BCUT2D eigenvalue weighted by Crippen LogP contribution is -2.09. The average Bonchev–Trinajstić information content (AvgIpc) is 2.46. The molecule has 0 saturated heterocycles. The third-order valence-corrected chi connectivity index (χ3v) is 2.67. The van der Waals surface area contributed by atoms with Crippen LogP contribution in [-0.4, -0.2) is 20.3 Å². The summed E-state index contributed by atoms with van der Waals surface area (Å²) in [7, 11) is 1.64. The van der Waals surface area contributed by atoms with Gasteiger partial charge >= 0.3 is 0 Å². The van der Waals surface area contributed by atoms with Crippen LogP contribution in [0.5, 0.6) is 17.2 Å². The molecule has 0 aliphatic carbocycles. The molecule has 0 N–H and O–H groups in total. The molecule has 19 heavy (non-hydrogen) atoms. The molecule has 2 rings (SSSR count). The first-order valence-corrected chi connectivity index (χ1v) is 6.25. The van der Waals surface area contributed by atoms with Crippen LogP contribution in [0.4, 0.5) is 0 Å². The van der Waals surface area contributed by atoms with E-state index >= 15 is 0 Å². The van der Waals surface area contributed by atoms with Crippen LogP contribution in [0.1, 0.15) is 5.56 Å². The molecule has 100 valence electrons. The Morgan fingerprint density at radius 1 is 0.842 bits per heavy atom. The van der Waals surface area contributed by atoms with Gasteiger partial charge < -0.3 is 14.2 Å². The van der Waals surface area contributed by atoms with E-state index in [0.717, 1.165) is 22.8 Å². The second-order valence-electron chi connectivity index (χ2n) is 4.16. The molecule has 0 aromatic heterocycles. The highest BCUT2D eigenvalue weighted by atomic mass is 16.5. The molecule has 0 bridgehead atoms. The molecule has 0 radical (unpaired) electrons. The molecule has 2 aromatic carbocycles. The quantitative estimate of drug-likeness (QED) is 0.743. The van der Waals surface area contributed by atoms with Crippen LogP contribution in [0.2, 0.25) is 0 Å². The van der Waals surface area contributed by atoms with Crippen LogP contribution in [-0.2, 0) is 0 Å². The van der Waals surface area contributed by atoms with E-state index in [1.54, 1.807) is 7.11 Å². The largest absolute Gasteiger partial charge is 0.493 e. The van der Waals surface area contributed by atoms with Gasteiger partial charge in [-0.15, -0.1) is 0 Å². The predicted molar refractivity (Wildman–Crippen MR) is 75.2 cm³/mol. The number of para-hydroxylation sites is 1. The van der Waals surface area contributed by atoms with E-state index in [2.05, 4.69) is 0 Å². The summed E-state index contributed by atoms with van der Waals surface area (Å²) in [6.07, 6.45) is 0. The van der Waals surface area contributed by atoms with E-state index in [0.29, 0.717) is 13.2 Å². The van der Waals surface area contributed by atoms with Gasteiger partial charge in [0.1, 0.15) is 19.0 Å². The highest BCUT2D eigenvalue weighted by molar-refractivity contribution is 5.42. The first-order chi connectivity index (χ1) is 9.29. The Bertz CT molecular complexity index is 509. The molecule has 0 spiro atoms. The van der Waals surface area contributed by atoms with Crippen molar-refractivity contribution in [2.45, 2.75) is 6.92 Å². The van der Waals surface area contributed by atoms with Gasteiger partial charge in [0.2, 0.25) is 0 Å². The minimum atomic E-state index is 0.480. The fourth-order valence-corrected chi connectivity index (χ4v) is 1.72. The average molecular weight is 258 g/mol. The Morgan fingerprint density at radius 3 is 2.32 bits per heavy atom. The van der Waals surface area contributed by atoms with Gasteiger partial charge in [0.05, 0.1) is 7.11 Å². The maximum absolute atomic E-state index is 5.65. The number of methoxy groups -OCH3 is 1. The Balaban J connectivity index is 1.83. The highest BCUT2D eigenvalue weighted by Gasteiger charge is 2.04. The molecule has 3 heteroatoms. The normalized spacial score (nSPS) is 10.0. The lowest BCUT2D eigenvalue weighted by molar-refractivity contribution is 0.211. The van der Waals surface area contributed by atoms with Crippen LogP contribution in [0.15, 0.2) is 48.5 Å². The van der Waals surface area contributed by atoms with E-state index in [-0.39, 0.29) is 0 Å². The summed E-state index contributed by atoms with van der Waals surface area (Å²) in [4.78, 5) is 0. The molecule has 0 aliphatic rings. The molecule has 0 amide bonds. The minimum absolute atomic E-state index is 0.480. The summed E-state index contributed by atoms with van der Waals surface area (Å²) < 4.78 is 16.5. The summed E-state index contributed by atoms with van der Waals surface area (Å²) in [5.41, 5.74) is 1.14. The van der Waals surface area contributed by atoms with Gasteiger partial charge in [-0.3, -0.25) is 0 Å². The summed E-state index contributed by atoms with van der Waals surface area (Å²) >= 11 is 0. The van der Waals surface area contributed by atoms with Gasteiger partial charge in [0, 0.05) is 0 Å². The molecule has 0 fully saturated rings. The number of benzene rings is 2. The molecular weight excluding hydrogens is 240 g/mol. The van der Waals surface area contributed by atoms with Crippen molar-refractivity contribution >= 4 is 0 Å². The van der Waals surface area contributed by atoms with Gasteiger partial charge in [0.25, 0.3) is 0 Å². The Morgan fingerprint density at radius 2 is 1.58 bits per heavy atom. The van der Waals surface area contributed by atoms with Crippen LogP contribution in [0.3, 0.4) is 0 Å². The van der Waals surface area contributed by atoms with Crippen LogP contribution >= 0.6 is 0 Å². The van der Waals surface area contributed by atoms with Crippen molar-refractivity contribution in [1.29, 1.82) is 0 Å². The van der Waals surface area contributed by atoms with Crippen molar-refractivity contribution in [2.75, 3.05) is 20.3 Å². The number of hydrogen-bond acceptors (Lipinski definition) is 3. The van der Waals surface area contributed by atoms with Gasteiger partial charge in [-0.1, -0.05) is 24.3 Å². The Hall–Kier alpha value is -2.16. The maximum atomic E-state index is 5.65. The molecule has 0 unspecified atom stereocenters. The standard InChI is InChI=1S/C16H18O3/c1-13-8-9-15(16(12-13)17-2)19-11-10-18-14-6-4-3-5-7-14/h3-9,12H,10-11H2,1-2H3. The lowest BCUT2D eigenvalue weighted by atomic mass is 10.2. The number of rotatable bonds is 6. The van der Waals surface area contributed by atoms with Gasteiger partial charge in [-0.05, 0) is 36.8 Å². The van der Waals surface area contributed by atoms with E-state index in [4.69, 9.17) is 14.2 Å². The van der Waals surface area contributed by atoms with Crippen LogP contribution in [0.25, 0.3) is 0 Å². The Labute approximate surface area is 113 Å². The first-order valence-electron chi connectivity index (χ1n) is 6.25. The van der Waals surface area contributed by atoms with E-state index in [1.165, 1.54) is 0 Å². The highest BCUT2D eigenvalue weighted by Crippen LogP contribution is 2.27. The zero-order valence-corrected chi connectivity index (χ0v) is 11.3. The molecule has 0 atom stereocenters. The monoisotopic (exact) mass is 258 g/mol. The second-order valence-corrected chi connectivity index (χ2v) is 4.16. The SMILES string of the molecule is COc1cc(C)ccc1OCCOc1ccccc1.